The van der Waals surface area contributed by atoms with Gasteiger partial charge in [-0.1, -0.05) is 30.3 Å². The molecule has 0 aliphatic rings. The van der Waals surface area contributed by atoms with Crippen LogP contribution in [0.2, 0.25) is 0 Å². The molecule has 88 valence electrons. The predicted molar refractivity (Wildman–Crippen MR) is 69.2 cm³/mol. The lowest BCUT2D eigenvalue weighted by molar-refractivity contribution is 0.291. The Morgan fingerprint density at radius 1 is 1.06 bits per heavy atom. The number of nitrogens with one attached hydrogen (secondary N) is 1. The van der Waals surface area contributed by atoms with E-state index in [4.69, 9.17) is 15.4 Å². The third-order valence-corrected chi connectivity index (χ3v) is 2.50. The molecule has 18 heavy (non-hydrogen) atoms. The molecule has 0 aromatic heterocycles. The summed E-state index contributed by atoms with van der Waals surface area (Å²) in [5.74, 6) is 0.114. The van der Waals surface area contributed by atoms with Gasteiger partial charge in [0.1, 0.15) is 6.61 Å². The van der Waals surface area contributed by atoms with Gasteiger partial charge < -0.3 is 4.74 Å². The van der Waals surface area contributed by atoms with Crippen LogP contribution in [-0.2, 0) is 11.3 Å². The van der Waals surface area contributed by atoms with Crippen LogP contribution in [0.4, 0.5) is 0 Å². The quantitative estimate of drug-likeness (QED) is 0.657. The van der Waals surface area contributed by atoms with Crippen molar-refractivity contribution in [3.05, 3.63) is 71.3 Å². The number of hydrogen-bond donors (Lipinski definition) is 1. The molecule has 3 nitrogen and oxygen atoms in total. The normalized spacial score (nSPS) is 9.50. The SMILES string of the molecule is N#Cc1ccc(C(=N)OCc2ccccc2)cc1. The summed E-state index contributed by atoms with van der Waals surface area (Å²) in [5.41, 5.74) is 2.27. The molecule has 0 spiro atoms. The zero-order valence-corrected chi connectivity index (χ0v) is 9.76. The van der Waals surface area contributed by atoms with Gasteiger partial charge in [-0.2, -0.15) is 5.26 Å². The molecule has 0 unspecified atom stereocenters. The van der Waals surface area contributed by atoms with Crippen LogP contribution < -0.4 is 0 Å². The average molecular weight is 236 g/mol. The molecule has 0 atom stereocenters. The van der Waals surface area contributed by atoms with E-state index in [-0.39, 0.29) is 5.90 Å². The van der Waals surface area contributed by atoms with Gasteiger partial charge in [-0.15, -0.1) is 0 Å². The predicted octanol–water partition coefficient (Wildman–Crippen LogP) is 3.10. The lowest BCUT2D eigenvalue weighted by Crippen LogP contribution is -2.05. The minimum absolute atomic E-state index is 0.114. The van der Waals surface area contributed by atoms with Crippen molar-refractivity contribution in [3.63, 3.8) is 0 Å². The van der Waals surface area contributed by atoms with Gasteiger partial charge in [-0.05, 0) is 29.8 Å². The van der Waals surface area contributed by atoms with Crippen LogP contribution in [0.3, 0.4) is 0 Å². The van der Waals surface area contributed by atoms with Gasteiger partial charge in [-0.3, -0.25) is 5.41 Å². The fourth-order valence-corrected chi connectivity index (χ4v) is 1.51. The van der Waals surface area contributed by atoms with Crippen molar-refractivity contribution in [1.82, 2.24) is 0 Å². The van der Waals surface area contributed by atoms with E-state index in [9.17, 15) is 0 Å². The molecule has 0 saturated heterocycles. The summed E-state index contributed by atoms with van der Waals surface area (Å²) < 4.78 is 5.39. The molecule has 0 fully saturated rings. The first-order valence-electron chi connectivity index (χ1n) is 5.55. The van der Waals surface area contributed by atoms with Crippen LogP contribution >= 0.6 is 0 Å². The highest BCUT2D eigenvalue weighted by Gasteiger charge is 2.03. The smallest absolute Gasteiger partial charge is 0.213 e. The number of ether oxygens (including phenoxy) is 1. The van der Waals surface area contributed by atoms with Crippen LogP contribution in [0, 0.1) is 16.7 Å². The molecule has 2 aromatic carbocycles. The molecule has 0 radical (unpaired) electrons. The van der Waals surface area contributed by atoms with Crippen LogP contribution in [0.15, 0.2) is 54.6 Å². The summed E-state index contributed by atoms with van der Waals surface area (Å²) in [5, 5.41) is 16.5. The van der Waals surface area contributed by atoms with Crippen molar-refractivity contribution < 1.29 is 4.74 Å². The van der Waals surface area contributed by atoms with E-state index in [2.05, 4.69) is 0 Å². The number of nitrogens with zero attached hydrogens (tertiary/aromatic N) is 1. The molecule has 0 aliphatic carbocycles. The molecule has 0 aliphatic heterocycles. The zero-order valence-electron chi connectivity index (χ0n) is 9.76. The summed E-state index contributed by atoms with van der Waals surface area (Å²) in [7, 11) is 0. The first-order chi connectivity index (χ1) is 8.79. The second-order valence-corrected chi connectivity index (χ2v) is 3.79. The fourth-order valence-electron chi connectivity index (χ4n) is 1.51. The summed E-state index contributed by atoms with van der Waals surface area (Å²) in [6.45, 7) is 0.375. The van der Waals surface area contributed by atoms with E-state index < -0.39 is 0 Å². The molecule has 2 aromatic rings. The number of benzene rings is 2. The van der Waals surface area contributed by atoms with Gasteiger partial charge in [0.05, 0.1) is 11.6 Å². The van der Waals surface area contributed by atoms with Crippen molar-refractivity contribution in [1.29, 1.82) is 10.7 Å². The minimum Gasteiger partial charge on any atom is -0.473 e. The van der Waals surface area contributed by atoms with E-state index in [1.165, 1.54) is 0 Å². The van der Waals surface area contributed by atoms with Crippen molar-refractivity contribution in [2.24, 2.45) is 0 Å². The van der Waals surface area contributed by atoms with Gasteiger partial charge in [0.2, 0.25) is 5.90 Å². The highest BCUT2D eigenvalue weighted by Crippen LogP contribution is 2.07. The highest BCUT2D eigenvalue weighted by atomic mass is 16.5. The Morgan fingerprint density at radius 3 is 2.33 bits per heavy atom. The fraction of sp³-hybridized carbons (Fsp3) is 0.0667. The Morgan fingerprint density at radius 2 is 1.72 bits per heavy atom. The van der Waals surface area contributed by atoms with Gasteiger partial charge in [0.25, 0.3) is 0 Å². The van der Waals surface area contributed by atoms with Crippen LogP contribution in [-0.4, -0.2) is 5.90 Å². The second-order valence-electron chi connectivity index (χ2n) is 3.79. The monoisotopic (exact) mass is 236 g/mol. The molecule has 0 bridgehead atoms. The second kappa shape index (κ2) is 5.65. The Kier molecular flexibility index (Phi) is 3.72. The lowest BCUT2D eigenvalue weighted by atomic mass is 10.1. The van der Waals surface area contributed by atoms with Gasteiger partial charge in [-0.25, -0.2) is 0 Å². The van der Waals surface area contributed by atoms with E-state index in [0.29, 0.717) is 17.7 Å². The molecule has 0 heterocycles. The third kappa shape index (κ3) is 2.96. The van der Waals surface area contributed by atoms with E-state index in [0.717, 1.165) is 5.56 Å². The van der Waals surface area contributed by atoms with Gasteiger partial charge >= 0.3 is 0 Å². The van der Waals surface area contributed by atoms with E-state index in [1.807, 2.05) is 36.4 Å². The standard InChI is InChI=1S/C15H12N2O/c16-10-12-6-8-14(9-7-12)15(17)18-11-13-4-2-1-3-5-13/h1-9,17H,11H2. The van der Waals surface area contributed by atoms with Crippen LogP contribution in [0.1, 0.15) is 16.7 Å². The van der Waals surface area contributed by atoms with Gasteiger partial charge in [0, 0.05) is 5.56 Å². The van der Waals surface area contributed by atoms with Crippen LogP contribution in [0.5, 0.6) is 0 Å². The maximum absolute atomic E-state index is 8.68. The highest BCUT2D eigenvalue weighted by molar-refractivity contribution is 5.91. The Balaban J connectivity index is 1.98. The van der Waals surface area contributed by atoms with Crippen molar-refractivity contribution >= 4 is 5.90 Å². The zero-order chi connectivity index (χ0) is 12.8. The first kappa shape index (κ1) is 11.9. The minimum atomic E-state index is 0.114. The van der Waals surface area contributed by atoms with Crippen molar-refractivity contribution in [2.75, 3.05) is 0 Å². The Hall–Kier alpha value is -2.60. The van der Waals surface area contributed by atoms with Gasteiger partial charge in [0.15, 0.2) is 0 Å². The topological polar surface area (TPSA) is 56.9 Å². The van der Waals surface area contributed by atoms with Crippen molar-refractivity contribution in [3.8, 4) is 6.07 Å². The summed E-state index contributed by atoms with van der Waals surface area (Å²) in [6, 6.07) is 18.5. The molecule has 2 rings (SSSR count). The average Bonchev–Trinajstić information content (AvgIpc) is 2.46. The number of rotatable bonds is 3. The lowest BCUT2D eigenvalue weighted by Gasteiger charge is -2.07. The molecular weight excluding hydrogens is 224 g/mol. The maximum Gasteiger partial charge on any atom is 0.213 e. The summed E-state index contributed by atoms with van der Waals surface area (Å²) in [6.07, 6.45) is 0. The summed E-state index contributed by atoms with van der Waals surface area (Å²) in [4.78, 5) is 0. The van der Waals surface area contributed by atoms with Crippen molar-refractivity contribution in [2.45, 2.75) is 6.61 Å². The van der Waals surface area contributed by atoms with E-state index in [1.54, 1.807) is 24.3 Å². The number of hydrogen-bond acceptors (Lipinski definition) is 3. The Bertz CT molecular complexity index is 568. The summed E-state index contributed by atoms with van der Waals surface area (Å²) >= 11 is 0. The van der Waals surface area contributed by atoms with E-state index >= 15 is 0 Å². The first-order valence-corrected chi connectivity index (χ1v) is 5.55. The molecule has 0 saturated carbocycles. The third-order valence-electron chi connectivity index (χ3n) is 2.50. The molecular formula is C15H12N2O. The molecule has 1 N–H and O–H groups in total. The molecule has 0 amide bonds. The maximum atomic E-state index is 8.68. The van der Waals surface area contributed by atoms with Crippen LogP contribution in [0.25, 0.3) is 0 Å². The Labute approximate surface area is 106 Å². The largest absolute Gasteiger partial charge is 0.473 e. The number of nitriles is 1. The molecule has 3 heteroatoms.